The fourth-order valence-corrected chi connectivity index (χ4v) is 4.85. The van der Waals surface area contributed by atoms with E-state index in [2.05, 4.69) is 15.5 Å². The summed E-state index contributed by atoms with van der Waals surface area (Å²) >= 11 is 0. The van der Waals surface area contributed by atoms with Crippen LogP contribution in [0.4, 0.5) is 13.2 Å². The van der Waals surface area contributed by atoms with Crippen LogP contribution in [0.1, 0.15) is 17.7 Å². The Bertz CT molecular complexity index is 1280. The van der Waals surface area contributed by atoms with Crippen molar-refractivity contribution in [3.8, 4) is 17.0 Å². The van der Waals surface area contributed by atoms with Gasteiger partial charge in [0.2, 0.25) is 0 Å². The highest BCUT2D eigenvalue weighted by atomic mass is 19.4. The second kappa shape index (κ2) is 10.8. The summed E-state index contributed by atoms with van der Waals surface area (Å²) in [5.74, 6) is -0.641. The Morgan fingerprint density at radius 2 is 1.89 bits per heavy atom. The molecule has 1 fully saturated rings. The number of nitrogens with zero attached hydrogens (tertiary/aromatic N) is 3. The van der Waals surface area contributed by atoms with Gasteiger partial charge in [-0.3, -0.25) is 9.79 Å². The van der Waals surface area contributed by atoms with E-state index >= 15 is 0 Å². The van der Waals surface area contributed by atoms with Crippen molar-refractivity contribution < 1.29 is 32.3 Å². The molecule has 38 heavy (non-hydrogen) atoms. The zero-order valence-corrected chi connectivity index (χ0v) is 20.4. The average molecular weight is 529 g/mol. The second-order valence-electron chi connectivity index (χ2n) is 9.52. The van der Waals surface area contributed by atoms with Crippen LogP contribution in [0.2, 0.25) is 0 Å². The van der Waals surface area contributed by atoms with Crippen molar-refractivity contribution in [3.05, 3.63) is 72.0 Å². The number of hydrogen-bond donors (Lipinski definition) is 2. The van der Waals surface area contributed by atoms with Crippen LogP contribution in [0.25, 0.3) is 11.3 Å². The fraction of sp³-hybridized carbons (Fsp3) is 0.370. The minimum Gasteiger partial charge on any atom is -0.486 e. The normalized spacial score (nSPS) is 21.6. The molecule has 200 valence electrons. The Morgan fingerprint density at radius 3 is 2.61 bits per heavy atom. The molecule has 1 saturated heterocycles. The third-order valence-electron chi connectivity index (χ3n) is 6.87. The van der Waals surface area contributed by atoms with Crippen molar-refractivity contribution in [2.75, 3.05) is 19.6 Å². The molecular weight excluding hydrogens is 501 g/mol. The fourth-order valence-electron chi connectivity index (χ4n) is 4.85. The van der Waals surface area contributed by atoms with Crippen LogP contribution in [0.5, 0.6) is 5.75 Å². The number of ether oxygens (including phenoxy) is 1. The number of aliphatic imine (C=N–C) groups is 1. The number of benzene rings is 2. The number of halogens is 3. The molecule has 0 radical (unpaired) electrons. The number of carboxylic acid groups (broad SMARTS) is 1. The van der Waals surface area contributed by atoms with Gasteiger partial charge in [0.25, 0.3) is 0 Å². The number of rotatable bonds is 7. The maximum Gasteiger partial charge on any atom is 0.408 e. The van der Waals surface area contributed by atoms with Crippen molar-refractivity contribution in [3.63, 3.8) is 0 Å². The summed E-state index contributed by atoms with van der Waals surface area (Å²) in [5.41, 5.74) is 2.58. The summed E-state index contributed by atoms with van der Waals surface area (Å²) in [6.45, 7) is 0.668. The SMILES string of the molecule is O=C(O)[C@H]1CN(C2=NCCC(C(F)(F)F)N2)C[C@H]1Cc1ccc(OCc2cc(-c3ccccc3)no2)cc1. The van der Waals surface area contributed by atoms with E-state index in [0.717, 1.165) is 16.8 Å². The van der Waals surface area contributed by atoms with Crippen LogP contribution in [0, 0.1) is 11.8 Å². The largest absolute Gasteiger partial charge is 0.486 e. The molecule has 8 nitrogen and oxygen atoms in total. The van der Waals surface area contributed by atoms with Crippen LogP contribution < -0.4 is 10.1 Å². The van der Waals surface area contributed by atoms with Crippen LogP contribution in [0.15, 0.2) is 70.2 Å². The van der Waals surface area contributed by atoms with Crippen molar-refractivity contribution >= 4 is 11.9 Å². The quantitative estimate of drug-likeness (QED) is 0.470. The summed E-state index contributed by atoms with van der Waals surface area (Å²) in [7, 11) is 0. The molecule has 5 rings (SSSR count). The van der Waals surface area contributed by atoms with Crippen LogP contribution in [-0.4, -0.2) is 58.9 Å². The van der Waals surface area contributed by atoms with Gasteiger partial charge in [0.05, 0.1) is 5.92 Å². The van der Waals surface area contributed by atoms with Crippen LogP contribution >= 0.6 is 0 Å². The first kappa shape index (κ1) is 25.6. The van der Waals surface area contributed by atoms with E-state index in [1.165, 1.54) is 0 Å². The Balaban J connectivity index is 1.18. The second-order valence-corrected chi connectivity index (χ2v) is 9.52. The Kier molecular flexibility index (Phi) is 7.26. The lowest BCUT2D eigenvalue weighted by Crippen LogP contribution is -2.53. The maximum atomic E-state index is 13.2. The third-order valence-corrected chi connectivity index (χ3v) is 6.87. The molecule has 3 heterocycles. The van der Waals surface area contributed by atoms with E-state index in [1.54, 1.807) is 17.0 Å². The summed E-state index contributed by atoms with van der Waals surface area (Å²) < 4.78 is 50.7. The van der Waals surface area contributed by atoms with Gasteiger partial charge in [0.1, 0.15) is 24.1 Å². The number of hydrogen-bond acceptors (Lipinski definition) is 7. The average Bonchev–Trinajstić information content (AvgIpc) is 3.56. The molecule has 0 spiro atoms. The lowest BCUT2D eigenvalue weighted by Gasteiger charge is -2.31. The van der Waals surface area contributed by atoms with Gasteiger partial charge >= 0.3 is 12.1 Å². The zero-order chi connectivity index (χ0) is 26.7. The van der Waals surface area contributed by atoms with Crippen molar-refractivity contribution in [1.82, 2.24) is 15.4 Å². The van der Waals surface area contributed by atoms with Gasteiger partial charge in [0.15, 0.2) is 11.7 Å². The van der Waals surface area contributed by atoms with Crippen molar-refractivity contribution in [2.24, 2.45) is 16.8 Å². The molecule has 1 aromatic heterocycles. The lowest BCUT2D eigenvalue weighted by atomic mass is 9.90. The van der Waals surface area contributed by atoms with E-state index in [9.17, 15) is 23.1 Å². The summed E-state index contributed by atoms with van der Waals surface area (Å²) in [4.78, 5) is 17.7. The third kappa shape index (κ3) is 5.92. The first-order valence-corrected chi connectivity index (χ1v) is 12.3. The molecule has 0 aliphatic carbocycles. The van der Waals surface area contributed by atoms with E-state index in [-0.39, 0.29) is 38.0 Å². The predicted molar refractivity (Wildman–Crippen MR) is 133 cm³/mol. The monoisotopic (exact) mass is 528 g/mol. The maximum absolute atomic E-state index is 13.2. The molecule has 11 heteroatoms. The topological polar surface area (TPSA) is 100 Å². The van der Waals surface area contributed by atoms with Gasteiger partial charge in [-0.2, -0.15) is 13.2 Å². The number of aliphatic carboxylic acids is 1. The van der Waals surface area contributed by atoms with E-state index in [0.29, 0.717) is 24.5 Å². The van der Waals surface area contributed by atoms with Crippen molar-refractivity contribution in [1.29, 1.82) is 0 Å². The van der Waals surface area contributed by atoms with E-state index < -0.39 is 24.1 Å². The highest BCUT2D eigenvalue weighted by Crippen LogP contribution is 2.30. The van der Waals surface area contributed by atoms with Gasteiger partial charge in [-0.1, -0.05) is 47.6 Å². The van der Waals surface area contributed by atoms with Crippen molar-refractivity contribution in [2.45, 2.75) is 31.7 Å². The van der Waals surface area contributed by atoms with E-state index in [4.69, 9.17) is 9.26 Å². The number of likely N-dealkylation sites (tertiary alicyclic amines) is 1. The predicted octanol–water partition coefficient (Wildman–Crippen LogP) is 4.38. The summed E-state index contributed by atoms with van der Waals surface area (Å²) in [5, 5.41) is 16.3. The number of aromatic nitrogens is 1. The van der Waals surface area contributed by atoms with Crippen LogP contribution in [-0.2, 0) is 17.8 Å². The molecule has 0 saturated carbocycles. The zero-order valence-electron chi connectivity index (χ0n) is 20.4. The molecule has 2 aliphatic heterocycles. The smallest absolute Gasteiger partial charge is 0.408 e. The minimum absolute atomic E-state index is 0.0501. The Labute approximate surface area is 217 Å². The standard InChI is InChI=1S/C27H27F3N4O4/c28-27(29,30)24-10-11-31-26(32-24)34-14-19(22(15-34)25(35)36)12-17-6-8-20(9-7-17)37-16-21-13-23(33-38-21)18-4-2-1-3-5-18/h1-9,13,19,22,24H,10-12,14-16H2,(H,31,32)(H,35,36)/t19-,22+,24?/m1/s1. The van der Waals surface area contributed by atoms with E-state index in [1.807, 2.05) is 48.5 Å². The van der Waals surface area contributed by atoms with Gasteiger partial charge in [-0.25, -0.2) is 0 Å². The Morgan fingerprint density at radius 1 is 1.13 bits per heavy atom. The number of carboxylic acids is 1. The van der Waals surface area contributed by atoms with Gasteiger partial charge in [0, 0.05) is 31.3 Å². The number of carbonyl (C=O) groups is 1. The minimum atomic E-state index is -4.38. The molecule has 3 aromatic rings. The van der Waals surface area contributed by atoms with Gasteiger partial charge in [-0.15, -0.1) is 0 Å². The molecule has 2 aliphatic rings. The number of nitrogens with one attached hydrogen (secondary N) is 1. The highest BCUT2D eigenvalue weighted by Gasteiger charge is 2.44. The molecule has 3 atom stereocenters. The number of guanidine groups is 1. The molecule has 0 bridgehead atoms. The molecule has 0 amide bonds. The molecule has 2 N–H and O–H groups in total. The first-order valence-electron chi connectivity index (χ1n) is 12.3. The molecule has 2 aromatic carbocycles. The highest BCUT2D eigenvalue weighted by molar-refractivity contribution is 5.82. The first-order chi connectivity index (χ1) is 18.3. The number of alkyl halides is 3. The summed E-state index contributed by atoms with van der Waals surface area (Å²) in [6.07, 6.45) is -4.05. The molecular formula is C27H27F3N4O4. The van der Waals surface area contributed by atoms with Gasteiger partial charge < -0.3 is 24.6 Å². The molecule has 1 unspecified atom stereocenters. The van der Waals surface area contributed by atoms with Crippen LogP contribution in [0.3, 0.4) is 0 Å². The summed E-state index contributed by atoms with van der Waals surface area (Å²) in [6, 6.07) is 17.1. The lowest BCUT2D eigenvalue weighted by molar-refractivity contribution is -0.154. The Hall–Kier alpha value is -4.02. The van der Waals surface area contributed by atoms with Gasteiger partial charge in [-0.05, 0) is 36.5 Å².